The van der Waals surface area contributed by atoms with Crippen molar-refractivity contribution < 1.29 is 13.9 Å². The molecule has 0 spiro atoms. The number of carbonyl (C=O) groups is 1. The van der Waals surface area contributed by atoms with Crippen LogP contribution in [0, 0.1) is 5.82 Å². The first-order valence-corrected chi connectivity index (χ1v) is 8.85. The van der Waals surface area contributed by atoms with Crippen molar-refractivity contribution in [3.8, 4) is 5.75 Å². The van der Waals surface area contributed by atoms with Crippen molar-refractivity contribution in [2.45, 2.75) is 51.2 Å². The molecule has 0 unspecified atom stereocenters. The van der Waals surface area contributed by atoms with Gasteiger partial charge in [0.05, 0.1) is 6.61 Å². The van der Waals surface area contributed by atoms with Gasteiger partial charge in [-0.3, -0.25) is 0 Å². The van der Waals surface area contributed by atoms with Crippen LogP contribution in [0.25, 0.3) is 0 Å². The third-order valence-electron chi connectivity index (χ3n) is 4.68. The highest BCUT2D eigenvalue weighted by Crippen LogP contribution is 2.29. The highest BCUT2D eigenvalue weighted by atomic mass is 19.1. The normalized spacial score (nSPS) is 19.1. The van der Waals surface area contributed by atoms with Gasteiger partial charge in [-0.2, -0.15) is 0 Å². The first-order chi connectivity index (χ1) is 11.7. The van der Waals surface area contributed by atoms with Crippen LogP contribution >= 0.6 is 0 Å². The Labute approximate surface area is 142 Å². The van der Waals surface area contributed by atoms with Crippen LogP contribution in [-0.4, -0.2) is 42.7 Å². The molecule has 2 N–H and O–H groups in total. The maximum atomic E-state index is 13.8. The van der Waals surface area contributed by atoms with Gasteiger partial charge in [0.2, 0.25) is 0 Å². The largest absolute Gasteiger partial charge is 0.491 e. The Bertz CT molecular complexity index is 569. The number of benzene rings is 1. The van der Waals surface area contributed by atoms with E-state index in [0.29, 0.717) is 13.2 Å². The molecule has 1 aromatic rings. The van der Waals surface area contributed by atoms with Crippen LogP contribution in [0.3, 0.4) is 0 Å². The van der Waals surface area contributed by atoms with Crippen LogP contribution in [0.15, 0.2) is 18.2 Å². The number of halogens is 1. The molecule has 132 valence electrons. The monoisotopic (exact) mass is 335 g/mol. The predicted molar refractivity (Wildman–Crippen MR) is 90.6 cm³/mol. The fraction of sp³-hybridized carbons (Fsp3) is 0.611. The molecule has 5 nitrogen and oxygen atoms in total. The van der Waals surface area contributed by atoms with Crippen LogP contribution in [0.1, 0.15) is 38.2 Å². The van der Waals surface area contributed by atoms with Crippen molar-refractivity contribution in [2.75, 3.05) is 19.7 Å². The molecule has 1 heterocycles. The van der Waals surface area contributed by atoms with Gasteiger partial charge in [0.1, 0.15) is 0 Å². The van der Waals surface area contributed by atoms with Crippen molar-refractivity contribution in [2.24, 2.45) is 0 Å². The highest BCUT2D eigenvalue weighted by Gasteiger charge is 2.32. The number of piperidine rings is 1. The topological polar surface area (TPSA) is 53.6 Å². The summed E-state index contributed by atoms with van der Waals surface area (Å²) in [5, 5.41) is 5.82. The van der Waals surface area contributed by atoms with E-state index in [1.165, 1.54) is 18.9 Å². The summed E-state index contributed by atoms with van der Waals surface area (Å²) >= 11 is 0. The fourth-order valence-corrected chi connectivity index (χ4v) is 3.19. The summed E-state index contributed by atoms with van der Waals surface area (Å²) in [6.07, 6.45) is 4.66. The molecule has 0 radical (unpaired) electrons. The number of urea groups is 1. The van der Waals surface area contributed by atoms with Crippen molar-refractivity contribution in [3.05, 3.63) is 29.6 Å². The third-order valence-corrected chi connectivity index (χ3v) is 4.68. The number of amides is 2. The molecule has 1 saturated heterocycles. The number of rotatable bonds is 6. The van der Waals surface area contributed by atoms with Gasteiger partial charge in [-0.05, 0) is 50.3 Å². The van der Waals surface area contributed by atoms with Crippen LogP contribution in [0.5, 0.6) is 5.75 Å². The summed E-state index contributed by atoms with van der Waals surface area (Å²) < 4.78 is 19.0. The average Bonchev–Trinajstić information content (AvgIpc) is 3.41. The second-order valence-electron chi connectivity index (χ2n) is 6.57. The Balaban J connectivity index is 1.40. The van der Waals surface area contributed by atoms with Crippen molar-refractivity contribution in [1.82, 2.24) is 15.5 Å². The Morgan fingerprint density at radius 1 is 1.29 bits per heavy atom. The molecule has 1 aliphatic heterocycles. The molecule has 6 heteroatoms. The van der Waals surface area contributed by atoms with Gasteiger partial charge < -0.3 is 20.3 Å². The number of likely N-dealkylation sites (tertiary alicyclic amines) is 1. The molecule has 2 fully saturated rings. The molecule has 3 rings (SSSR count). The van der Waals surface area contributed by atoms with E-state index < -0.39 is 5.82 Å². The number of hydrogen-bond acceptors (Lipinski definition) is 3. The van der Waals surface area contributed by atoms with E-state index in [2.05, 4.69) is 15.5 Å². The van der Waals surface area contributed by atoms with Gasteiger partial charge in [0.25, 0.3) is 0 Å². The maximum absolute atomic E-state index is 13.8. The van der Waals surface area contributed by atoms with Crippen LogP contribution < -0.4 is 15.4 Å². The molecular weight excluding hydrogens is 309 g/mol. The maximum Gasteiger partial charge on any atom is 0.315 e. The van der Waals surface area contributed by atoms with Gasteiger partial charge in [0.15, 0.2) is 11.6 Å². The molecule has 0 atom stereocenters. The minimum absolute atomic E-state index is 0.186. The van der Waals surface area contributed by atoms with Gasteiger partial charge in [-0.15, -0.1) is 0 Å². The smallest absolute Gasteiger partial charge is 0.315 e. The third kappa shape index (κ3) is 4.60. The lowest BCUT2D eigenvalue weighted by molar-refractivity contribution is 0.186. The van der Waals surface area contributed by atoms with Crippen molar-refractivity contribution in [3.63, 3.8) is 0 Å². The van der Waals surface area contributed by atoms with Gasteiger partial charge in [-0.1, -0.05) is 6.07 Å². The second kappa shape index (κ2) is 7.83. The van der Waals surface area contributed by atoms with E-state index in [0.717, 1.165) is 37.5 Å². The zero-order chi connectivity index (χ0) is 16.9. The molecule has 0 bridgehead atoms. The molecular formula is C18H26FN3O2. The summed E-state index contributed by atoms with van der Waals surface area (Å²) in [4.78, 5) is 14.5. The lowest BCUT2D eigenvalue weighted by Crippen LogP contribution is -2.48. The van der Waals surface area contributed by atoms with Gasteiger partial charge in [-0.25, -0.2) is 9.18 Å². The first-order valence-electron chi connectivity index (χ1n) is 8.85. The van der Waals surface area contributed by atoms with E-state index in [1.54, 1.807) is 12.1 Å². The SMILES string of the molecule is CCOc1ccc(CNC(=O)NC2CCN(C3CC3)CC2)cc1F. The molecule has 1 saturated carbocycles. The number of carbonyl (C=O) groups excluding carboxylic acids is 1. The standard InChI is InChI=1S/C18H26FN3O2/c1-2-24-17-6-3-13(11-16(17)19)12-20-18(23)21-14-7-9-22(10-8-14)15-4-5-15/h3,6,11,14-15H,2,4-5,7-10,12H2,1H3,(H2,20,21,23). The van der Waals surface area contributed by atoms with E-state index in [-0.39, 0.29) is 17.8 Å². The van der Waals surface area contributed by atoms with E-state index >= 15 is 0 Å². The number of nitrogens with one attached hydrogen (secondary N) is 2. The quantitative estimate of drug-likeness (QED) is 0.840. The molecule has 2 amide bonds. The Kier molecular flexibility index (Phi) is 5.56. The zero-order valence-electron chi connectivity index (χ0n) is 14.2. The average molecular weight is 335 g/mol. The Hall–Kier alpha value is -1.82. The van der Waals surface area contributed by atoms with Crippen molar-refractivity contribution in [1.29, 1.82) is 0 Å². The lowest BCUT2D eigenvalue weighted by atomic mass is 10.1. The Morgan fingerprint density at radius 3 is 2.67 bits per heavy atom. The van der Waals surface area contributed by atoms with Crippen LogP contribution in [-0.2, 0) is 6.54 Å². The van der Waals surface area contributed by atoms with Crippen molar-refractivity contribution >= 4 is 6.03 Å². The van der Waals surface area contributed by atoms with Gasteiger partial charge in [0, 0.05) is 31.7 Å². The van der Waals surface area contributed by atoms with Crippen LogP contribution in [0.4, 0.5) is 9.18 Å². The number of hydrogen-bond donors (Lipinski definition) is 2. The number of ether oxygens (including phenoxy) is 1. The molecule has 2 aliphatic rings. The van der Waals surface area contributed by atoms with E-state index in [4.69, 9.17) is 4.74 Å². The number of nitrogens with zero attached hydrogens (tertiary/aromatic N) is 1. The fourth-order valence-electron chi connectivity index (χ4n) is 3.19. The first kappa shape index (κ1) is 17.0. The van der Waals surface area contributed by atoms with E-state index in [1.807, 2.05) is 6.92 Å². The molecule has 1 aromatic carbocycles. The minimum atomic E-state index is -0.399. The lowest BCUT2D eigenvalue weighted by Gasteiger charge is -2.32. The zero-order valence-corrected chi connectivity index (χ0v) is 14.2. The molecule has 1 aliphatic carbocycles. The second-order valence-corrected chi connectivity index (χ2v) is 6.57. The predicted octanol–water partition coefficient (Wildman–Crippen LogP) is 2.65. The molecule has 0 aromatic heterocycles. The summed E-state index contributed by atoms with van der Waals surface area (Å²) in [7, 11) is 0. The summed E-state index contributed by atoms with van der Waals surface area (Å²) in [5.41, 5.74) is 0.717. The summed E-state index contributed by atoms with van der Waals surface area (Å²) in [6.45, 7) is 4.68. The summed E-state index contributed by atoms with van der Waals surface area (Å²) in [5.74, 6) is -0.155. The van der Waals surface area contributed by atoms with Crippen LogP contribution in [0.2, 0.25) is 0 Å². The highest BCUT2D eigenvalue weighted by molar-refractivity contribution is 5.74. The Morgan fingerprint density at radius 2 is 2.04 bits per heavy atom. The minimum Gasteiger partial charge on any atom is -0.491 e. The van der Waals surface area contributed by atoms with Gasteiger partial charge >= 0.3 is 6.03 Å². The van der Waals surface area contributed by atoms with E-state index in [9.17, 15) is 9.18 Å². The molecule has 24 heavy (non-hydrogen) atoms. The summed E-state index contributed by atoms with van der Waals surface area (Å²) in [6, 6.07) is 5.61.